The van der Waals surface area contributed by atoms with E-state index in [9.17, 15) is 4.79 Å². The lowest BCUT2D eigenvalue weighted by Gasteiger charge is -2.31. The number of aryl methyl sites for hydroxylation is 2. The summed E-state index contributed by atoms with van der Waals surface area (Å²) in [6.07, 6.45) is 5.51. The molecule has 0 radical (unpaired) electrons. The predicted octanol–water partition coefficient (Wildman–Crippen LogP) is 3.60. The van der Waals surface area contributed by atoms with Crippen LogP contribution in [0.15, 0.2) is 42.7 Å². The zero-order valence-electron chi connectivity index (χ0n) is 14.3. The van der Waals surface area contributed by atoms with Crippen molar-refractivity contribution in [3.05, 3.63) is 65.0 Å². The molecule has 0 saturated carbocycles. The molecule has 1 atom stereocenters. The molecule has 1 aliphatic rings. The van der Waals surface area contributed by atoms with Crippen LogP contribution in [0.4, 0.5) is 0 Å². The van der Waals surface area contributed by atoms with Gasteiger partial charge in [0.2, 0.25) is 0 Å². The molecular formula is C20H24N2O2. The Morgan fingerprint density at radius 3 is 2.71 bits per heavy atom. The molecule has 0 spiro atoms. The standard InChI is InChI=1S/C20H24N2O2/c1-14-5-6-18(15(2)12-14)20(23)22-19(16-7-10-24-11-8-16)17-4-3-9-21-13-17/h3-6,9,12-13,16,19H,7-8,10-11H2,1-2H3,(H,22,23). The van der Waals surface area contributed by atoms with Crippen LogP contribution in [-0.2, 0) is 4.74 Å². The van der Waals surface area contributed by atoms with E-state index in [-0.39, 0.29) is 11.9 Å². The van der Waals surface area contributed by atoms with Crippen LogP contribution in [0.1, 0.15) is 45.9 Å². The zero-order valence-corrected chi connectivity index (χ0v) is 14.3. The number of pyridine rings is 1. The molecule has 2 aromatic rings. The van der Waals surface area contributed by atoms with E-state index >= 15 is 0 Å². The molecule has 1 N–H and O–H groups in total. The van der Waals surface area contributed by atoms with Crippen LogP contribution >= 0.6 is 0 Å². The van der Waals surface area contributed by atoms with Gasteiger partial charge in [0.05, 0.1) is 6.04 Å². The Morgan fingerprint density at radius 2 is 2.04 bits per heavy atom. The van der Waals surface area contributed by atoms with Crippen molar-refractivity contribution in [2.75, 3.05) is 13.2 Å². The summed E-state index contributed by atoms with van der Waals surface area (Å²) in [5.41, 5.74) is 3.96. The maximum Gasteiger partial charge on any atom is 0.252 e. The number of amides is 1. The van der Waals surface area contributed by atoms with Gasteiger partial charge >= 0.3 is 0 Å². The Bertz CT molecular complexity index is 694. The highest BCUT2D eigenvalue weighted by atomic mass is 16.5. The number of rotatable bonds is 4. The van der Waals surface area contributed by atoms with Crippen molar-refractivity contribution in [3.63, 3.8) is 0 Å². The summed E-state index contributed by atoms with van der Waals surface area (Å²) in [4.78, 5) is 17.1. The van der Waals surface area contributed by atoms with Crippen molar-refractivity contribution >= 4 is 5.91 Å². The van der Waals surface area contributed by atoms with E-state index in [0.29, 0.717) is 5.92 Å². The van der Waals surface area contributed by atoms with E-state index in [2.05, 4.69) is 10.3 Å². The molecule has 2 heterocycles. The molecular weight excluding hydrogens is 300 g/mol. The van der Waals surface area contributed by atoms with Gasteiger partial charge in [-0.15, -0.1) is 0 Å². The molecule has 126 valence electrons. The van der Waals surface area contributed by atoms with Crippen molar-refractivity contribution in [1.29, 1.82) is 0 Å². The third-order valence-corrected chi connectivity index (χ3v) is 4.69. The fourth-order valence-corrected chi connectivity index (χ4v) is 3.37. The number of ether oxygens (including phenoxy) is 1. The summed E-state index contributed by atoms with van der Waals surface area (Å²) < 4.78 is 5.48. The van der Waals surface area contributed by atoms with E-state index in [1.807, 2.05) is 50.4 Å². The number of hydrogen-bond acceptors (Lipinski definition) is 3. The number of benzene rings is 1. The quantitative estimate of drug-likeness (QED) is 0.935. The first-order valence-electron chi connectivity index (χ1n) is 8.51. The van der Waals surface area contributed by atoms with E-state index in [1.54, 1.807) is 6.20 Å². The number of nitrogens with one attached hydrogen (secondary N) is 1. The van der Waals surface area contributed by atoms with Gasteiger partial charge < -0.3 is 10.1 Å². The number of aromatic nitrogens is 1. The Hall–Kier alpha value is -2.20. The second-order valence-corrected chi connectivity index (χ2v) is 6.51. The molecule has 0 aliphatic carbocycles. The summed E-state index contributed by atoms with van der Waals surface area (Å²) in [6, 6.07) is 9.86. The summed E-state index contributed by atoms with van der Waals surface area (Å²) in [6.45, 7) is 5.52. The second-order valence-electron chi connectivity index (χ2n) is 6.51. The lowest BCUT2D eigenvalue weighted by molar-refractivity contribution is 0.0513. The average molecular weight is 324 g/mol. The van der Waals surface area contributed by atoms with Crippen molar-refractivity contribution in [1.82, 2.24) is 10.3 Å². The van der Waals surface area contributed by atoms with Crippen LogP contribution in [0.25, 0.3) is 0 Å². The highest BCUT2D eigenvalue weighted by Crippen LogP contribution is 2.30. The summed E-state index contributed by atoms with van der Waals surface area (Å²) >= 11 is 0. The third kappa shape index (κ3) is 3.82. The molecule has 24 heavy (non-hydrogen) atoms. The molecule has 1 unspecified atom stereocenters. The maximum atomic E-state index is 12.8. The number of nitrogens with zero attached hydrogens (tertiary/aromatic N) is 1. The Balaban J connectivity index is 1.84. The monoisotopic (exact) mass is 324 g/mol. The minimum absolute atomic E-state index is 0.0205. The second kappa shape index (κ2) is 7.58. The van der Waals surface area contributed by atoms with Gasteiger partial charge in [-0.25, -0.2) is 0 Å². The smallest absolute Gasteiger partial charge is 0.252 e. The first-order chi connectivity index (χ1) is 11.6. The zero-order chi connectivity index (χ0) is 16.9. The van der Waals surface area contributed by atoms with E-state index in [4.69, 9.17) is 4.74 Å². The molecule has 4 heteroatoms. The van der Waals surface area contributed by atoms with Crippen LogP contribution in [0.2, 0.25) is 0 Å². The summed E-state index contributed by atoms with van der Waals surface area (Å²) in [5, 5.41) is 3.25. The fourth-order valence-electron chi connectivity index (χ4n) is 3.37. The fraction of sp³-hybridized carbons (Fsp3) is 0.400. The van der Waals surface area contributed by atoms with Gasteiger partial charge in [-0.05, 0) is 55.9 Å². The third-order valence-electron chi connectivity index (χ3n) is 4.69. The first-order valence-corrected chi connectivity index (χ1v) is 8.51. The van der Waals surface area contributed by atoms with Crippen molar-refractivity contribution < 1.29 is 9.53 Å². The Kier molecular flexibility index (Phi) is 5.26. The average Bonchev–Trinajstić information content (AvgIpc) is 2.61. The summed E-state index contributed by atoms with van der Waals surface area (Å²) in [7, 11) is 0. The van der Waals surface area contributed by atoms with Gasteiger partial charge in [-0.2, -0.15) is 0 Å². The van der Waals surface area contributed by atoms with Gasteiger partial charge in [0.1, 0.15) is 0 Å². The molecule has 1 aromatic carbocycles. The van der Waals surface area contributed by atoms with E-state index < -0.39 is 0 Å². The lowest BCUT2D eigenvalue weighted by atomic mass is 9.87. The lowest BCUT2D eigenvalue weighted by Crippen LogP contribution is -2.36. The largest absolute Gasteiger partial charge is 0.381 e. The van der Waals surface area contributed by atoms with Gasteiger partial charge in [0, 0.05) is 31.2 Å². The first kappa shape index (κ1) is 16.7. The van der Waals surface area contributed by atoms with E-state index in [0.717, 1.165) is 48.3 Å². The molecule has 1 aromatic heterocycles. The SMILES string of the molecule is Cc1ccc(C(=O)NC(c2cccnc2)C2CCOCC2)c(C)c1. The van der Waals surface area contributed by atoms with Crippen molar-refractivity contribution in [3.8, 4) is 0 Å². The van der Waals surface area contributed by atoms with Crippen LogP contribution < -0.4 is 5.32 Å². The van der Waals surface area contributed by atoms with Crippen LogP contribution in [-0.4, -0.2) is 24.1 Å². The van der Waals surface area contributed by atoms with Gasteiger partial charge in [-0.1, -0.05) is 23.8 Å². The van der Waals surface area contributed by atoms with Gasteiger partial charge in [-0.3, -0.25) is 9.78 Å². The molecule has 1 amide bonds. The summed E-state index contributed by atoms with van der Waals surface area (Å²) in [5.74, 6) is 0.352. The van der Waals surface area contributed by atoms with Crippen LogP contribution in [0.5, 0.6) is 0 Å². The van der Waals surface area contributed by atoms with Gasteiger partial charge in [0.15, 0.2) is 0 Å². The minimum atomic E-state index is -0.0317. The van der Waals surface area contributed by atoms with E-state index in [1.165, 1.54) is 0 Å². The number of hydrogen-bond donors (Lipinski definition) is 1. The number of carbonyl (C=O) groups is 1. The Labute approximate surface area is 143 Å². The topological polar surface area (TPSA) is 51.2 Å². The molecule has 1 fully saturated rings. The van der Waals surface area contributed by atoms with Crippen LogP contribution in [0, 0.1) is 19.8 Å². The van der Waals surface area contributed by atoms with Gasteiger partial charge in [0.25, 0.3) is 5.91 Å². The van der Waals surface area contributed by atoms with Crippen molar-refractivity contribution in [2.45, 2.75) is 32.7 Å². The van der Waals surface area contributed by atoms with Crippen molar-refractivity contribution in [2.24, 2.45) is 5.92 Å². The number of carbonyl (C=O) groups excluding carboxylic acids is 1. The normalized spacial score (nSPS) is 16.6. The molecule has 3 rings (SSSR count). The molecule has 1 saturated heterocycles. The Morgan fingerprint density at radius 1 is 1.25 bits per heavy atom. The molecule has 1 aliphatic heterocycles. The predicted molar refractivity (Wildman–Crippen MR) is 93.9 cm³/mol. The maximum absolute atomic E-state index is 12.8. The molecule has 4 nitrogen and oxygen atoms in total. The minimum Gasteiger partial charge on any atom is -0.381 e. The highest BCUT2D eigenvalue weighted by Gasteiger charge is 2.27. The van der Waals surface area contributed by atoms with Crippen LogP contribution in [0.3, 0.4) is 0 Å². The highest BCUT2D eigenvalue weighted by molar-refractivity contribution is 5.96. The molecule has 0 bridgehead atoms.